The predicted molar refractivity (Wildman–Crippen MR) is 128 cm³/mol. The van der Waals surface area contributed by atoms with E-state index in [4.69, 9.17) is 14.2 Å². The van der Waals surface area contributed by atoms with Gasteiger partial charge in [0.25, 0.3) is 0 Å². The van der Waals surface area contributed by atoms with E-state index in [0.29, 0.717) is 0 Å². The van der Waals surface area contributed by atoms with Crippen LogP contribution in [0.25, 0.3) is 0 Å². The lowest BCUT2D eigenvalue weighted by atomic mass is 9.91. The van der Waals surface area contributed by atoms with Crippen LogP contribution in [0.3, 0.4) is 0 Å². The molecule has 39 heavy (non-hydrogen) atoms. The number of carbonyl (C=O) groups excluding carboxylic acids is 2. The smallest absolute Gasteiger partial charge is 0.194 e. The summed E-state index contributed by atoms with van der Waals surface area (Å²) < 4.78 is 16.2. The van der Waals surface area contributed by atoms with Crippen molar-refractivity contribution in [2.75, 3.05) is 0 Å². The van der Waals surface area contributed by atoms with Crippen LogP contribution in [0.15, 0.2) is 60.7 Å². The summed E-state index contributed by atoms with van der Waals surface area (Å²) in [7, 11) is 0. The number of benzene rings is 2. The van der Waals surface area contributed by atoms with Gasteiger partial charge in [-0.2, -0.15) is 0 Å². The fourth-order valence-corrected chi connectivity index (χ4v) is 4.47. The molecule has 0 amide bonds. The van der Waals surface area contributed by atoms with Gasteiger partial charge in [0.1, 0.15) is 61.0 Å². The Hall–Kier alpha value is -2.66. The predicted octanol–water partition coefficient (Wildman–Crippen LogP) is -2.89. The van der Waals surface area contributed by atoms with Crippen LogP contribution in [0.5, 0.6) is 0 Å². The highest BCUT2D eigenvalue weighted by molar-refractivity contribution is 6.00. The maximum Gasteiger partial charge on any atom is 0.194 e. The van der Waals surface area contributed by atoms with E-state index < -0.39 is 85.2 Å². The van der Waals surface area contributed by atoms with Crippen LogP contribution in [0, 0.1) is 0 Å². The summed E-state index contributed by atoms with van der Waals surface area (Å²) in [6.07, 6.45) is -23.4. The van der Waals surface area contributed by atoms with Crippen molar-refractivity contribution in [3.63, 3.8) is 0 Å². The van der Waals surface area contributed by atoms with E-state index in [-0.39, 0.29) is 11.1 Å². The molecule has 2 aromatic carbocycles. The van der Waals surface area contributed by atoms with Gasteiger partial charge in [-0.1, -0.05) is 60.7 Å². The second-order valence-electron chi connectivity index (χ2n) is 9.37. The summed E-state index contributed by atoms with van der Waals surface area (Å²) in [5.74, 6) is -1.73. The quantitative estimate of drug-likeness (QED) is 0.155. The van der Waals surface area contributed by atoms with Crippen LogP contribution in [-0.2, 0) is 14.2 Å². The lowest BCUT2D eigenvalue weighted by molar-refractivity contribution is -0.380. The largest absolute Gasteiger partial charge is 0.387 e. The van der Waals surface area contributed by atoms with Crippen LogP contribution in [-0.4, -0.2) is 126 Å². The van der Waals surface area contributed by atoms with Gasteiger partial charge in [0.2, 0.25) is 0 Å². The molecule has 0 saturated carbocycles. The Balaban J connectivity index is 1.51. The van der Waals surface area contributed by atoms with E-state index in [2.05, 4.69) is 0 Å². The molecule has 13 heteroatoms. The summed E-state index contributed by atoms with van der Waals surface area (Å²) >= 11 is 0. The van der Waals surface area contributed by atoms with Crippen molar-refractivity contribution in [2.24, 2.45) is 0 Å². The van der Waals surface area contributed by atoms with Crippen LogP contribution in [0.1, 0.15) is 20.7 Å². The Morgan fingerprint density at radius 1 is 0.564 bits per heavy atom. The highest BCUT2D eigenvalue weighted by Gasteiger charge is 2.53. The highest BCUT2D eigenvalue weighted by Crippen LogP contribution is 2.31. The van der Waals surface area contributed by atoms with E-state index >= 15 is 0 Å². The lowest BCUT2D eigenvalue weighted by Crippen LogP contribution is -2.66. The molecule has 2 fully saturated rings. The first-order valence-corrected chi connectivity index (χ1v) is 12.1. The summed E-state index contributed by atoms with van der Waals surface area (Å²) in [6.45, 7) is 0. The number of hydrogen-bond donors (Lipinski definition) is 8. The van der Waals surface area contributed by atoms with Gasteiger partial charge in [-0.15, -0.1) is 0 Å². The number of aliphatic hydroxyl groups excluding tert-OH is 8. The van der Waals surface area contributed by atoms with Gasteiger partial charge in [0.05, 0.1) is 0 Å². The van der Waals surface area contributed by atoms with Gasteiger partial charge >= 0.3 is 0 Å². The SMILES string of the molecule is O=C(c1ccccc1)C(O)[C@H]1O[C@H](O[C@H]2O[C@H](C(O)C(=O)c3ccccc3)[C@@H](O)[C@H](O)[C@H]2O)[C@H](O)[C@@H](O)[C@@H]1O. The maximum absolute atomic E-state index is 12.7. The minimum absolute atomic E-state index is 0.0712. The van der Waals surface area contributed by atoms with Crippen molar-refractivity contribution in [1.82, 2.24) is 0 Å². The first-order valence-electron chi connectivity index (χ1n) is 12.1. The number of aliphatic hydroxyl groups is 8. The van der Waals surface area contributed by atoms with E-state index in [1.165, 1.54) is 48.5 Å². The third kappa shape index (κ3) is 5.94. The Morgan fingerprint density at radius 3 is 1.23 bits per heavy atom. The number of hydrogen-bond acceptors (Lipinski definition) is 13. The van der Waals surface area contributed by atoms with Gasteiger partial charge in [-0.25, -0.2) is 0 Å². The normalized spacial score (nSPS) is 36.6. The molecule has 2 saturated heterocycles. The molecule has 12 atom stereocenters. The molecule has 2 aliphatic rings. The van der Waals surface area contributed by atoms with Crippen LogP contribution >= 0.6 is 0 Å². The Labute approximate surface area is 222 Å². The van der Waals surface area contributed by atoms with Crippen molar-refractivity contribution in [3.8, 4) is 0 Å². The molecule has 0 aromatic heterocycles. The number of rotatable bonds is 8. The van der Waals surface area contributed by atoms with Gasteiger partial charge < -0.3 is 55.1 Å². The first-order chi connectivity index (χ1) is 18.5. The maximum atomic E-state index is 12.7. The molecule has 4 rings (SSSR count). The summed E-state index contributed by atoms with van der Waals surface area (Å²) in [5.41, 5.74) is 0.142. The molecule has 2 unspecified atom stereocenters. The third-order valence-electron chi connectivity index (χ3n) is 6.76. The molecular weight excluding hydrogens is 520 g/mol. The molecule has 2 aliphatic heterocycles. The van der Waals surface area contributed by atoms with Crippen molar-refractivity contribution in [2.45, 2.75) is 73.6 Å². The summed E-state index contributed by atoms with van der Waals surface area (Å²) in [4.78, 5) is 25.4. The Morgan fingerprint density at radius 2 is 0.897 bits per heavy atom. The van der Waals surface area contributed by atoms with Crippen LogP contribution < -0.4 is 0 Å². The average Bonchev–Trinajstić information content (AvgIpc) is 2.96. The van der Waals surface area contributed by atoms with Gasteiger partial charge in [-0.3, -0.25) is 9.59 Å². The van der Waals surface area contributed by atoms with E-state index in [1.54, 1.807) is 12.1 Å². The first kappa shape index (κ1) is 29.3. The molecule has 0 aliphatic carbocycles. The Bertz CT molecular complexity index is 1030. The molecule has 8 N–H and O–H groups in total. The van der Waals surface area contributed by atoms with Crippen LogP contribution in [0.2, 0.25) is 0 Å². The standard InChI is InChI=1S/C26H30O13/c27-13(11-7-3-1-4-8-11)17(31)23-19(33)15(29)21(35)25(37-23)39-26-22(36)16(30)20(34)24(38-26)18(32)14(28)12-9-5-2-6-10-12/h1-10,15-26,29-36H/t15-,16-,17?,18?,19-,20-,21+,22+,23+,24+,25+,26+/m0/s1. The van der Waals surface area contributed by atoms with E-state index in [9.17, 15) is 50.4 Å². The third-order valence-corrected chi connectivity index (χ3v) is 6.76. The average molecular weight is 551 g/mol. The number of Topliss-reactive ketones (excluding diaryl/α,β-unsaturated/α-hetero) is 2. The zero-order valence-electron chi connectivity index (χ0n) is 20.3. The summed E-state index contributed by atoms with van der Waals surface area (Å²) in [5, 5.41) is 83.5. The van der Waals surface area contributed by atoms with Crippen LogP contribution in [0.4, 0.5) is 0 Å². The second kappa shape index (κ2) is 12.2. The van der Waals surface area contributed by atoms with Gasteiger partial charge in [0, 0.05) is 11.1 Å². The number of ether oxygens (including phenoxy) is 3. The zero-order chi connectivity index (χ0) is 28.4. The second-order valence-corrected chi connectivity index (χ2v) is 9.37. The molecule has 0 radical (unpaired) electrons. The Kier molecular flexibility index (Phi) is 9.21. The zero-order valence-corrected chi connectivity index (χ0v) is 20.3. The van der Waals surface area contributed by atoms with Crippen molar-refractivity contribution < 1.29 is 64.7 Å². The molecule has 0 spiro atoms. The van der Waals surface area contributed by atoms with Gasteiger partial charge in [-0.05, 0) is 0 Å². The lowest BCUT2D eigenvalue weighted by Gasteiger charge is -2.46. The summed E-state index contributed by atoms with van der Waals surface area (Å²) in [6, 6.07) is 15.0. The monoisotopic (exact) mass is 550 g/mol. The topological polar surface area (TPSA) is 224 Å². The molecular formula is C26H30O13. The molecule has 0 bridgehead atoms. The fraction of sp³-hybridized carbons (Fsp3) is 0.462. The molecule has 13 nitrogen and oxygen atoms in total. The highest BCUT2D eigenvalue weighted by atomic mass is 16.8. The van der Waals surface area contributed by atoms with Crippen molar-refractivity contribution in [3.05, 3.63) is 71.8 Å². The van der Waals surface area contributed by atoms with E-state index in [0.717, 1.165) is 0 Å². The molecule has 212 valence electrons. The van der Waals surface area contributed by atoms with Crippen molar-refractivity contribution in [1.29, 1.82) is 0 Å². The molecule has 2 aromatic rings. The fourth-order valence-electron chi connectivity index (χ4n) is 4.47. The van der Waals surface area contributed by atoms with Gasteiger partial charge in [0.15, 0.2) is 24.1 Å². The minimum Gasteiger partial charge on any atom is -0.387 e. The van der Waals surface area contributed by atoms with Crippen molar-refractivity contribution >= 4 is 11.6 Å². The number of carbonyl (C=O) groups is 2. The minimum atomic E-state index is -2.02. The number of ketones is 2. The molecule has 2 heterocycles. The van der Waals surface area contributed by atoms with E-state index in [1.807, 2.05) is 0 Å².